The first-order valence-electron chi connectivity index (χ1n) is 9.65. The number of ether oxygens (including phenoxy) is 1. The van der Waals surface area contributed by atoms with Gasteiger partial charge in [-0.15, -0.1) is 0 Å². The van der Waals surface area contributed by atoms with Gasteiger partial charge >= 0.3 is 0 Å². The Morgan fingerprint density at radius 2 is 2.00 bits per heavy atom. The van der Waals surface area contributed by atoms with Crippen LogP contribution in [0.15, 0.2) is 33.7 Å². The molecule has 0 aliphatic carbocycles. The molecule has 0 fully saturated rings. The summed E-state index contributed by atoms with van der Waals surface area (Å²) in [4.78, 5) is 18.6. The number of carbonyl (C=O) groups is 1. The predicted octanol–water partition coefficient (Wildman–Crippen LogP) is 3.17. The number of nitrogens with one attached hydrogen (secondary N) is 2. The van der Waals surface area contributed by atoms with E-state index in [0.29, 0.717) is 19.5 Å². The minimum absolute atomic E-state index is 0.103. The van der Waals surface area contributed by atoms with Crippen LogP contribution in [0.5, 0.6) is 0 Å². The van der Waals surface area contributed by atoms with Crippen LogP contribution in [0.3, 0.4) is 0 Å². The highest BCUT2D eigenvalue weighted by Crippen LogP contribution is 2.17. The van der Waals surface area contributed by atoms with E-state index in [-0.39, 0.29) is 5.91 Å². The Balaban J connectivity index is 2.34. The molecule has 2 N–H and O–H groups in total. The largest absolute Gasteiger partial charge is 0.382 e. The fourth-order valence-corrected chi connectivity index (χ4v) is 2.85. The second-order valence-electron chi connectivity index (χ2n) is 6.18. The fraction of sp³-hybridized carbons (Fsp3) is 0.600. The van der Waals surface area contributed by atoms with E-state index in [0.717, 1.165) is 55.1 Å². The summed E-state index contributed by atoms with van der Waals surface area (Å²) < 4.78 is 6.35. The lowest BCUT2D eigenvalue weighted by molar-refractivity contribution is -0.130. The van der Waals surface area contributed by atoms with Crippen molar-refractivity contribution in [2.75, 3.05) is 39.9 Å². The van der Waals surface area contributed by atoms with Gasteiger partial charge in [0.25, 0.3) is 0 Å². The topological polar surface area (TPSA) is 66.0 Å². The lowest BCUT2D eigenvalue weighted by Crippen LogP contribution is -2.39. The minimum Gasteiger partial charge on any atom is -0.382 e. The third-order valence-electron chi connectivity index (χ3n) is 3.94. The number of nitrogens with zero attached hydrogens (tertiary/aromatic N) is 2. The number of hydrogen-bond acceptors (Lipinski definition) is 3. The standard InChI is InChI=1S/C20H33BrN4O2/c1-4-22-20(23-13-8-9-15-27-5-2)24-14-12-19(26)25(3)16-17-10-6-7-11-18(17)21/h6-7,10-11H,4-5,8-9,12-16H2,1-3H3,(H2,22,23,24). The Kier molecular flexibility index (Phi) is 12.6. The van der Waals surface area contributed by atoms with Crippen LogP contribution in [-0.2, 0) is 16.1 Å². The van der Waals surface area contributed by atoms with Gasteiger partial charge in [0.2, 0.25) is 5.91 Å². The Morgan fingerprint density at radius 1 is 1.22 bits per heavy atom. The molecule has 6 nitrogen and oxygen atoms in total. The third-order valence-corrected chi connectivity index (χ3v) is 4.71. The zero-order valence-corrected chi connectivity index (χ0v) is 18.3. The third kappa shape index (κ3) is 10.3. The average molecular weight is 441 g/mol. The van der Waals surface area contributed by atoms with Crippen LogP contribution in [-0.4, -0.2) is 56.7 Å². The Hall–Kier alpha value is -1.60. The molecule has 0 unspecified atom stereocenters. The van der Waals surface area contributed by atoms with Gasteiger partial charge in [-0.25, -0.2) is 0 Å². The van der Waals surface area contributed by atoms with Crippen LogP contribution in [0.4, 0.5) is 0 Å². The highest BCUT2D eigenvalue weighted by atomic mass is 79.9. The summed E-state index contributed by atoms with van der Waals surface area (Å²) in [6, 6.07) is 7.96. The highest BCUT2D eigenvalue weighted by molar-refractivity contribution is 9.10. The molecule has 152 valence electrons. The maximum Gasteiger partial charge on any atom is 0.224 e. The number of aliphatic imine (C=N–C) groups is 1. The lowest BCUT2D eigenvalue weighted by atomic mass is 10.2. The van der Waals surface area contributed by atoms with Crippen molar-refractivity contribution in [3.05, 3.63) is 34.3 Å². The van der Waals surface area contributed by atoms with Crippen LogP contribution in [0.1, 0.15) is 38.7 Å². The molecular formula is C20H33BrN4O2. The molecule has 0 aliphatic heterocycles. The molecule has 0 heterocycles. The van der Waals surface area contributed by atoms with E-state index in [1.54, 1.807) is 4.90 Å². The maximum atomic E-state index is 12.4. The second kappa shape index (κ2) is 14.5. The van der Waals surface area contributed by atoms with Crippen LogP contribution >= 0.6 is 15.9 Å². The summed E-state index contributed by atoms with van der Waals surface area (Å²) in [5.41, 5.74) is 1.10. The van der Waals surface area contributed by atoms with E-state index in [4.69, 9.17) is 4.74 Å². The van der Waals surface area contributed by atoms with E-state index in [9.17, 15) is 4.79 Å². The van der Waals surface area contributed by atoms with Crippen molar-refractivity contribution in [2.24, 2.45) is 4.99 Å². The van der Waals surface area contributed by atoms with Crippen molar-refractivity contribution < 1.29 is 9.53 Å². The fourth-order valence-electron chi connectivity index (χ4n) is 2.44. The first kappa shape index (κ1) is 23.4. The molecule has 0 aliphatic rings. The maximum absolute atomic E-state index is 12.4. The van der Waals surface area contributed by atoms with E-state index in [2.05, 4.69) is 31.6 Å². The molecule has 1 aromatic rings. The number of carbonyl (C=O) groups excluding carboxylic acids is 1. The number of benzene rings is 1. The first-order chi connectivity index (χ1) is 13.1. The Morgan fingerprint density at radius 3 is 2.70 bits per heavy atom. The zero-order valence-electron chi connectivity index (χ0n) is 16.8. The molecule has 1 amide bonds. The molecule has 0 saturated carbocycles. The molecule has 0 spiro atoms. The van der Waals surface area contributed by atoms with Crippen molar-refractivity contribution in [1.82, 2.24) is 15.5 Å². The number of unbranched alkanes of at least 4 members (excludes halogenated alkanes) is 1. The number of guanidine groups is 1. The van der Waals surface area contributed by atoms with E-state index in [1.807, 2.05) is 45.2 Å². The lowest BCUT2D eigenvalue weighted by Gasteiger charge is -2.19. The number of rotatable bonds is 12. The van der Waals surface area contributed by atoms with Gasteiger partial charge in [-0.1, -0.05) is 34.1 Å². The zero-order chi connectivity index (χ0) is 19.9. The molecule has 1 aromatic carbocycles. The summed E-state index contributed by atoms with van der Waals surface area (Å²) in [6.45, 7) is 8.27. The number of halogens is 1. The smallest absolute Gasteiger partial charge is 0.224 e. The molecule has 0 bridgehead atoms. The van der Waals surface area contributed by atoms with Gasteiger partial charge in [0.1, 0.15) is 0 Å². The molecule has 1 rings (SSSR count). The van der Waals surface area contributed by atoms with Crippen LogP contribution in [0, 0.1) is 0 Å². The van der Waals surface area contributed by atoms with Crippen molar-refractivity contribution in [3.63, 3.8) is 0 Å². The van der Waals surface area contributed by atoms with Crippen LogP contribution < -0.4 is 10.6 Å². The van der Waals surface area contributed by atoms with Gasteiger partial charge in [0.05, 0.1) is 0 Å². The predicted molar refractivity (Wildman–Crippen MR) is 115 cm³/mol. The number of amides is 1. The summed E-state index contributed by atoms with van der Waals surface area (Å²) in [5, 5.41) is 6.45. The summed E-state index contributed by atoms with van der Waals surface area (Å²) in [5.74, 6) is 0.862. The quantitative estimate of drug-likeness (QED) is 0.297. The van der Waals surface area contributed by atoms with Crippen LogP contribution in [0.2, 0.25) is 0 Å². The van der Waals surface area contributed by atoms with Gasteiger partial charge in [0.15, 0.2) is 5.96 Å². The van der Waals surface area contributed by atoms with Crippen molar-refractivity contribution in [3.8, 4) is 0 Å². The molecule has 27 heavy (non-hydrogen) atoms. The summed E-state index contributed by atoms with van der Waals surface area (Å²) >= 11 is 3.52. The molecule has 0 atom stereocenters. The molecule has 0 radical (unpaired) electrons. The van der Waals surface area contributed by atoms with E-state index in [1.165, 1.54) is 0 Å². The van der Waals surface area contributed by atoms with Crippen molar-refractivity contribution >= 4 is 27.8 Å². The van der Waals surface area contributed by atoms with E-state index < -0.39 is 0 Å². The highest BCUT2D eigenvalue weighted by Gasteiger charge is 2.10. The average Bonchev–Trinajstić information content (AvgIpc) is 2.66. The van der Waals surface area contributed by atoms with Crippen molar-refractivity contribution in [2.45, 2.75) is 39.7 Å². The van der Waals surface area contributed by atoms with E-state index >= 15 is 0 Å². The minimum atomic E-state index is 0.103. The summed E-state index contributed by atoms with van der Waals surface area (Å²) in [7, 11) is 1.83. The SMILES string of the molecule is CCNC(=NCCCCOCC)NCCC(=O)N(C)Cc1ccccc1Br. The normalized spacial score (nSPS) is 11.3. The first-order valence-corrected chi connectivity index (χ1v) is 10.4. The van der Waals surface area contributed by atoms with Gasteiger partial charge in [-0.05, 0) is 38.3 Å². The summed E-state index contributed by atoms with van der Waals surface area (Å²) in [6.07, 6.45) is 2.43. The molecule has 0 aromatic heterocycles. The number of hydrogen-bond donors (Lipinski definition) is 2. The van der Waals surface area contributed by atoms with Gasteiger partial charge < -0.3 is 20.3 Å². The Labute approximate surface area is 171 Å². The molecule has 0 saturated heterocycles. The van der Waals surface area contributed by atoms with Gasteiger partial charge in [-0.2, -0.15) is 0 Å². The molecule has 7 heteroatoms. The van der Waals surface area contributed by atoms with Crippen molar-refractivity contribution in [1.29, 1.82) is 0 Å². The van der Waals surface area contributed by atoms with Gasteiger partial charge in [-0.3, -0.25) is 9.79 Å². The van der Waals surface area contributed by atoms with Crippen LogP contribution in [0.25, 0.3) is 0 Å². The Bertz CT molecular complexity index is 581. The second-order valence-corrected chi connectivity index (χ2v) is 7.04. The monoisotopic (exact) mass is 440 g/mol. The molecular weight excluding hydrogens is 408 g/mol. The van der Waals surface area contributed by atoms with Gasteiger partial charge in [0, 0.05) is 57.3 Å².